The lowest BCUT2D eigenvalue weighted by Gasteiger charge is -2.35. The van der Waals surface area contributed by atoms with E-state index in [4.69, 9.17) is 4.74 Å². The minimum atomic E-state index is -3.56. The molecule has 1 saturated heterocycles. The van der Waals surface area contributed by atoms with Gasteiger partial charge in [-0.05, 0) is 48.4 Å². The van der Waals surface area contributed by atoms with Gasteiger partial charge >= 0.3 is 0 Å². The molecule has 0 bridgehead atoms. The van der Waals surface area contributed by atoms with E-state index in [1.807, 2.05) is 56.3 Å². The van der Waals surface area contributed by atoms with E-state index in [1.54, 1.807) is 29.2 Å². The number of amides is 1. The summed E-state index contributed by atoms with van der Waals surface area (Å²) >= 11 is 0. The summed E-state index contributed by atoms with van der Waals surface area (Å²) in [5.74, 6) is 0.553. The first-order valence-electron chi connectivity index (χ1n) is 10.9. The van der Waals surface area contributed by atoms with Crippen molar-refractivity contribution in [1.82, 2.24) is 9.21 Å². The summed E-state index contributed by atoms with van der Waals surface area (Å²) in [6.45, 7) is 5.08. The van der Waals surface area contributed by atoms with Crippen LogP contribution in [-0.4, -0.2) is 55.8 Å². The number of hydrogen-bond acceptors (Lipinski definition) is 4. The van der Waals surface area contributed by atoms with Crippen LogP contribution in [0.5, 0.6) is 5.75 Å². The van der Waals surface area contributed by atoms with E-state index >= 15 is 0 Å². The number of ether oxygens (including phenoxy) is 1. The number of sulfonamides is 1. The fourth-order valence-corrected chi connectivity index (χ4v) is 5.35. The molecule has 3 aromatic carbocycles. The van der Waals surface area contributed by atoms with Gasteiger partial charge in [0, 0.05) is 26.2 Å². The maximum Gasteiger partial charge on any atom is 0.263 e. The molecule has 0 saturated carbocycles. The van der Waals surface area contributed by atoms with E-state index in [0.717, 1.165) is 16.3 Å². The fourth-order valence-electron chi connectivity index (χ4n) is 3.93. The predicted octanol–water partition coefficient (Wildman–Crippen LogP) is 3.84. The highest BCUT2D eigenvalue weighted by Gasteiger charge is 2.32. The Balaban J connectivity index is 1.40. The van der Waals surface area contributed by atoms with Crippen molar-refractivity contribution in [2.45, 2.75) is 31.3 Å². The van der Waals surface area contributed by atoms with E-state index in [9.17, 15) is 13.2 Å². The summed E-state index contributed by atoms with van der Waals surface area (Å²) < 4.78 is 33.3. The monoisotopic (exact) mass is 452 g/mol. The number of carbonyl (C=O) groups excluding carboxylic acids is 1. The van der Waals surface area contributed by atoms with Gasteiger partial charge in [-0.3, -0.25) is 4.79 Å². The number of nitrogens with zero attached hydrogens (tertiary/aromatic N) is 2. The van der Waals surface area contributed by atoms with Crippen LogP contribution < -0.4 is 4.74 Å². The van der Waals surface area contributed by atoms with Crippen molar-refractivity contribution in [2.75, 3.05) is 26.2 Å². The molecule has 3 aromatic rings. The van der Waals surface area contributed by atoms with Gasteiger partial charge in [-0.1, -0.05) is 55.0 Å². The molecule has 1 heterocycles. The summed E-state index contributed by atoms with van der Waals surface area (Å²) in [6, 6.07) is 20.7. The Morgan fingerprint density at radius 2 is 1.59 bits per heavy atom. The van der Waals surface area contributed by atoms with Crippen LogP contribution >= 0.6 is 0 Å². The van der Waals surface area contributed by atoms with E-state index in [-0.39, 0.29) is 23.9 Å². The van der Waals surface area contributed by atoms with Gasteiger partial charge in [-0.15, -0.1) is 0 Å². The molecule has 4 rings (SSSR count). The zero-order valence-electron chi connectivity index (χ0n) is 18.4. The molecule has 0 unspecified atom stereocenters. The SMILES string of the molecule is CC[C@@H](Oc1ccc2ccccc2c1)C(=O)N1CCN(S(=O)(=O)c2ccc(C)cc2)CC1. The Morgan fingerprint density at radius 1 is 0.938 bits per heavy atom. The lowest BCUT2D eigenvalue weighted by molar-refractivity contribution is -0.140. The quantitative estimate of drug-likeness (QED) is 0.570. The third-order valence-corrected chi connectivity index (χ3v) is 7.77. The Kier molecular flexibility index (Phi) is 6.48. The number of benzene rings is 3. The molecule has 0 aromatic heterocycles. The predicted molar refractivity (Wildman–Crippen MR) is 125 cm³/mol. The van der Waals surface area contributed by atoms with Crippen LogP contribution in [0.4, 0.5) is 0 Å². The minimum Gasteiger partial charge on any atom is -0.481 e. The minimum absolute atomic E-state index is 0.104. The van der Waals surface area contributed by atoms with Crippen LogP contribution in [-0.2, 0) is 14.8 Å². The molecule has 32 heavy (non-hydrogen) atoms. The van der Waals surface area contributed by atoms with Gasteiger partial charge in [0.05, 0.1) is 4.90 Å². The zero-order chi connectivity index (χ0) is 22.7. The largest absolute Gasteiger partial charge is 0.481 e. The highest BCUT2D eigenvalue weighted by molar-refractivity contribution is 7.89. The molecule has 0 spiro atoms. The molecule has 1 aliphatic heterocycles. The van der Waals surface area contributed by atoms with E-state index < -0.39 is 16.1 Å². The molecule has 6 nitrogen and oxygen atoms in total. The van der Waals surface area contributed by atoms with Gasteiger partial charge < -0.3 is 9.64 Å². The van der Waals surface area contributed by atoms with Crippen molar-refractivity contribution < 1.29 is 17.9 Å². The maximum atomic E-state index is 13.1. The topological polar surface area (TPSA) is 66.9 Å². The number of carbonyl (C=O) groups is 1. The average Bonchev–Trinajstić information content (AvgIpc) is 2.82. The van der Waals surface area contributed by atoms with Gasteiger partial charge in [-0.2, -0.15) is 4.31 Å². The first-order valence-corrected chi connectivity index (χ1v) is 12.3. The fraction of sp³-hybridized carbons (Fsp3) is 0.320. The number of fused-ring (bicyclic) bond motifs is 1. The van der Waals surface area contributed by atoms with Gasteiger partial charge in [0.15, 0.2) is 6.10 Å². The first kappa shape index (κ1) is 22.3. The molecular formula is C25H28N2O4S. The van der Waals surface area contributed by atoms with Crippen molar-refractivity contribution in [3.05, 3.63) is 72.3 Å². The van der Waals surface area contributed by atoms with Crippen molar-refractivity contribution in [1.29, 1.82) is 0 Å². The molecule has 1 aliphatic rings. The maximum absolute atomic E-state index is 13.1. The molecule has 0 radical (unpaired) electrons. The second-order valence-electron chi connectivity index (χ2n) is 8.07. The van der Waals surface area contributed by atoms with E-state index in [1.165, 1.54) is 4.31 Å². The van der Waals surface area contributed by atoms with Crippen LogP contribution in [0.1, 0.15) is 18.9 Å². The highest BCUT2D eigenvalue weighted by atomic mass is 32.2. The van der Waals surface area contributed by atoms with Gasteiger partial charge in [0.25, 0.3) is 5.91 Å². The second-order valence-corrected chi connectivity index (χ2v) is 10.0. The Labute approximate surface area is 189 Å². The molecule has 7 heteroatoms. The van der Waals surface area contributed by atoms with E-state index in [0.29, 0.717) is 25.3 Å². The standard InChI is InChI=1S/C25H28N2O4S/c1-3-24(31-22-11-10-20-6-4-5-7-21(20)18-22)25(28)26-14-16-27(17-15-26)32(29,30)23-12-8-19(2)9-13-23/h4-13,18,24H,3,14-17H2,1-2H3/t24-/m1/s1. The summed E-state index contributed by atoms with van der Waals surface area (Å²) in [7, 11) is -3.56. The number of piperazine rings is 1. The molecule has 1 atom stereocenters. The Morgan fingerprint density at radius 3 is 2.25 bits per heavy atom. The smallest absolute Gasteiger partial charge is 0.263 e. The molecule has 0 aliphatic carbocycles. The summed E-state index contributed by atoms with van der Waals surface area (Å²) in [6.07, 6.45) is -0.0653. The number of hydrogen-bond donors (Lipinski definition) is 0. The van der Waals surface area contributed by atoms with Crippen molar-refractivity contribution in [2.24, 2.45) is 0 Å². The molecule has 1 fully saturated rings. The Hall–Kier alpha value is -2.90. The van der Waals surface area contributed by atoms with Crippen LogP contribution in [0.3, 0.4) is 0 Å². The van der Waals surface area contributed by atoms with Crippen LogP contribution in [0.25, 0.3) is 10.8 Å². The van der Waals surface area contributed by atoms with Gasteiger partial charge in [-0.25, -0.2) is 8.42 Å². The number of rotatable bonds is 6. The Bertz CT molecular complexity index is 1200. The number of aryl methyl sites for hydroxylation is 1. The molecular weight excluding hydrogens is 424 g/mol. The van der Waals surface area contributed by atoms with Gasteiger partial charge in [0.2, 0.25) is 10.0 Å². The van der Waals surface area contributed by atoms with Crippen molar-refractivity contribution >= 4 is 26.7 Å². The van der Waals surface area contributed by atoms with Crippen LogP contribution in [0.2, 0.25) is 0 Å². The van der Waals surface area contributed by atoms with Crippen LogP contribution in [0.15, 0.2) is 71.6 Å². The third kappa shape index (κ3) is 4.64. The van der Waals surface area contributed by atoms with Crippen molar-refractivity contribution in [3.8, 4) is 5.75 Å². The normalized spacial score (nSPS) is 16.1. The van der Waals surface area contributed by atoms with Gasteiger partial charge in [0.1, 0.15) is 5.75 Å². The summed E-state index contributed by atoms with van der Waals surface area (Å²) in [4.78, 5) is 15.1. The first-order chi connectivity index (χ1) is 15.4. The summed E-state index contributed by atoms with van der Waals surface area (Å²) in [5, 5.41) is 2.17. The zero-order valence-corrected chi connectivity index (χ0v) is 19.2. The van der Waals surface area contributed by atoms with E-state index in [2.05, 4.69) is 0 Å². The molecule has 1 amide bonds. The van der Waals surface area contributed by atoms with Crippen LogP contribution in [0, 0.1) is 6.92 Å². The van der Waals surface area contributed by atoms with Crippen molar-refractivity contribution in [3.63, 3.8) is 0 Å². The summed E-state index contributed by atoms with van der Waals surface area (Å²) in [5.41, 5.74) is 1.01. The molecule has 168 valence electrons. The lowest BCUT2D eigenvalue weighted by atomic mass is 10.1. The highest BCUT2D eigenvalue weighted by Crippen LogP contribution is 2.23. The lowest BCUT2D eigenvalue weighted by Crippen LogP contribution is -2.53. The third-order valence-electron chi connectivity index (χ3n) is 5.85. The average molecular weight is 453 g/mol. The second kappa shape index (κ2) is 9.30. The molecule has 0 N–H and O–H groups in total.